The van der Waals surface area contributed by atoms with E-state index in [1.807, 2.05) is 0 Å². The van der Waals surface area contributed by atoms with Gasteiger partial charge >= 0.3 is 5.97 Å². The van der Waals surface area contributed by atoms with Gasteiger partial charge in [0.15, 0.2) is 5.69 Å². The van der Waals surface area contributed by atoms with Crippen LogP contribution in [0, 0.1) is 0 Å². The first-order valence-electron chi connectivity index (χ1n) is 5.61. The molecule has 0 aliphatic heterocycles. The molecule has 0 aliphatic carbocycles. The third-order valence-corrected chi connectivity index (χ3v) is 2.43. The second-order valence-electron chi connectivity index (χ2n) is 4.01. The normalized spacial score (nSPS) is 10.5. The van der Waals surface area contributed by atoms with Crippen molar-refractivity contribution in [1.82, 2.24) is 19.6 Å². The average molecular weight is 279 g/mol. The maximum absolute atomic E-state index is 12.0. The van der Waals surface area contributed by atoms with Crippen LogP contribution in [0.15, 0.2) is 18.6 Å². The first-order chi connectivity index (χ1) is 9.51. The van der Waals surface area contributed by atoms with Crippen LogP contribution in [0.3, 0.4) is 0 Å². The number of aromatic nitrogens is 4. The van der Waals surface area contributed by atoms with Crippen molar-refractivity contribution < 1.29 is 19.4 Å². The van der Waals surface area contributed by atoms with Crippen LogP contribution in [-0.2, 0) is 18.5 Å². The molecule has 0 radical (unpaired) electrons. The summed E-state index contributed by atoms with van der Waals surface area (Å²) in [4.78, 5) is 23.0. The van der Waals surface area contributed by atoms with Crippen molar-refractivity contribution >= 4 is 17.6 Å². The second kappa shape index (κ2) is 5.53. The summed E-state index contributed by atoms with van der Waals surface area (Å²) >= 11 is 0. The summed E-state index contributed by atoms with van der Waals surface area (Å²) in [5.41, 5.74) is 0.114. The number of nitrogens with one attached hydrogen (secondary N) is 1. The zero-order chi connectivity index (χ0) is 14.7. The van der Waals surface area contributed by atoms with E-state index in [2.05, 4.69) is 15.5 Å². The van der Waals surface area contributed by atoms with Gasteiger partial charge in [0.2, 0.25) is 0 Å². The Morgan fingerprint density at radius 3 is 2.85 bits per heavy atom. The number of aryl methyl sites for hydroxylation is 1. The van der Waals surface area contributed by atoms with Gasteiger partial charge in [-0.1, -0.05) is 0 Å². The standard InChI is InChI=1S/C11H13N5O4/c1-15-5-8(11(18)19)9(14-15)10(17)13-7-3-12-16(4-7)6-20-2/h3-5H,6H2,1-2H3,(H,13,17)(H,18,19). The lowest BCUT2D eigenvalue weighted by Gasteiger charge is -2.00. The predicted octanol–water partition coefficient (Wildman–Crippen LogP) is 0.171. The highest BCUT2D eigenvalue weighted by Crippen LogP contribution is 2.11. The van der Waals surface area contributed by atoms with E-state index in [1.54, 1.807) is 13.2 Å². The summed E-state index contributed by atoms with van der Waals surface area (Å²) in [6.45, 7) is 0.250. The molecule has 0 saturated heterocycles. The van der Waals surface area contributed by atoms with Crippen LogP contribution < -0.4 is 5.32 Å². The van der Waals surface area contributed by atoms with E-state index in [0.29, 0.717) is 5.69 Å². The Morgan fingerprint density at radius 1 is 1.45 bits per heavy atom. The summed E-state index contributed by atoms with van der Waals surface area (Å²) in [6.07, 6.45) is 4.26. The van der Waals surface area contributed by atoms with E-state index in [9.17, 15) is 9.59 Å². The van der Waals surface area contributed by atoms with Crippen molar-refractivity contribution in [2.45, 2.75) is 6.73 Å². The summed E-state index contributed by atoms with van der Waals surface area (Å²) in [7, 11) is 3.06. The van der Waals surface area contributed by atoms with Gasteiger partial charge in [-0.25, -0.2) is 9.48 Å². The van der Waals surface area contributed by atoms with Crippen molar-refractivity contribution in [3.63, 3.8) is 0 Å². The third-order valence-electron chi connectivity index (χ3n) is 2.43. The third kappa shape index (κ3) is 2.83. The first kappa shape index (κ1) is 13.7. The van der Waals surface area contributed by atoms with Gasteiger partial charge in [0.05, 0.1) is 18.1 Å². The SMILES string of the molecule is COCn1cc(NC(=O)c2nn(C)cc2C(=O)O)cn1. The fraction of sp³-hybridized carbons (Fsp3) is 0.273. The molecule has 0 aromatic carbocycles. The van der Waals surface area contributed by atoms with Crippen LogP contribution >= 0.6 is 0 Å². The summed E-state index contributed by atoms with van der Waals surface area (Å²) in [5, 5.41) is 19.3. The average Bonchev–Trinajstić information content (AvgIpc) is 2.96. The Hall–Kier alpha value is -2.68. The number of amides is 1. The fourth-order valence-electron chi connectivity index (χ4n) is 1.63. The van der Waals surface area contributed by atoms with Gasteiger partial charge in [-0.3, -0.25) is 9.48 Å². The fourth-order valence-corrected chi connectivity index (χ4v) is 1.63. The number of anilines is 1. The highest BCUT2D eigenvalue weighted by atomic mass is 16.5. The van der Waals surface area contributed by atoms with Crippen molar-refractivity contribution in [2.75, 3.05) is 12.4 Å². The molecule has 2 aromatic heterocycles. The second-order valence-corrected chi connectivity index (χ2v) is 4.01. The summed E-state index contributed by atoms with van der Waals surface area (Å²) < 4.78 is 7.63. The van der Waals surface area contributed by atoms with Gasteiger partial charge in [-0.15, -0.1) is 0 Å². The molecule has 2 aromatic rings. The van der Waals surface area contributed by atoms with Crippen LogP contribution in [0.2, 0.25) is 0 Å². The van der Waals surface area contributed by atoms with Gasteiger partial charge in [0.25, 0.3) is 5.91 Å². The van der Waals surface area contributed by atoms with E-state index in [1.165, 1.54) is 28.9 Å². The van der Waals surface area contributed by atoms with Gasteiger partial charge in [-0.05, 0) is 0 Å². The molecule has 2 heterocycles. The van der Waals surface area contributed by atoms with Crippen LogP contribution in [0.1, 0.15) is 20.8 Å². The number of methoxy groups -OCH3 is 1. The largest absolute Gasteiger partial charge is 0.478 e. The van der Waals surface area contributed by atoms with E-state index in [4.69, 9.17) is 9.84 Å². The molecule has 20 heavy (non-hydrogen) atoms. The molecule has 0 unspecified atom stereocenters. The number of carbonyl (C=O) groups excluding carboxylic acids is 1. The number of carboxylic acids is 1. The minimum Gasteiger partial charge on any atom is -0.478 e. The van der Waals surface area contributed by atoms with E-state index < -0.39 is 11.9 Å². The molecular formula is C11H13N5O4. The van der Waals surface area contributed by atoms with Gasteiger partial charge in [0, 0.05) is 20.4 Å². The number of carbonyl (C=O) groups is 2. The highest BCUT2D eigenvalue weighted by Gasteiger charge is 2.21. The molecule has 1 amide bonds. The number of hydrogen-bond donors (Lipinski definition) is 2. The Kier molecular flexibility index (Phi) is 3.80. The van der Waals surface area contributed by atoms with Crippen molar-refractivity contribution in [1.29, 1.82) is 0 Å². The molecule has 9 heteroatoms. The molecule has 0 aliphatic rings. The molecular weight excluding hydrogens is 266 g/mol. The van der Waals surface area contributed by atoms with Crippen LogP contribution in [0.5, 0.6) is 0 Å². The number of rotatable bonds is 5. The zero-order valence-electron chi connectivity index (χ0n) is 10.9. The number of ether oxygens (including phenoxy) is 1. The van der Waals surface area contributed by atoms with Crippen LogP contribution in [0.4, 0.5) is 5.69 Å². The smallest absolute Gasteiger partial charge is 0.339 e. The van der Waals surface area contributed by atoms with E-state index >= 15 is 0 Å². The van der Waals surface area contributed by atoms with E-state index in [-0.39, 0.29) is 18.0 Å². The minimum atomic E-state index is -1.21. The monoisotopic (exact) mass is 279 g/mol. The summed E-state index contributed by atoms with van der Waals surface area (Å²) in [5.74, 6) is -1.82. The number of nitrogens with zero attached hydrogens (tertiary/aromatic N) is 4. The van der Waals surface area contributed by atoms with Crippen molar-refractivity contribution in [2.24, 2.45) is 7.05 Å². The number of hydrogen-bond acceptors (Lipinski definition) is 5. The quantitative estimate of drug-likeness (QED) is 0.807. The molecule has 106 valence electrons. The van der Waals surface area contributed by atoms with E-state index in [0.717, 1.165) is 0 Å². The Balaban J connectivity index is 2.17. The summed E-state index contributed by atoms with van der Waals surface area (Å²) in [6, 6.07) is 0. The minimum absolute atomic E-state index is 0.153. The number of carboxylic acid groups (broad SMARTS) is 1. The molecule has 9 nitrogen and oxygen atoms in total. The molecule has 0 spiro atoms. The lowest BCUT2D eigenvalue weighted by Crippen LogP contribution is -2.16. The predicted molar refractivity (Wildman–Crippen MR) is 67.4 cm³/mol. The van der Waals surface area contributed by atoms with Crippen molar-refractivity contribution in [3.8, 4) is 0 Å². The lowest BCUT2D eigenvalue weighted by molar-refractivity contribution is 0.0692. The molecule has 0 atom stereocenters. The maximum atomic E-state index is 12.0. The van der Waals surface area contributed by atoms with Gasteiger partial charge in [0.1, 0.15) is 12.3 Å². The van der Waals surface area contributed by atoms with Crippen molar-refractivity contribution in [3.05, 3.63) is 29.8 Å². The first-order valence-corrected chi connectivity index (χ1v) is 5.61. The lowest BCUT2D eigenvalue weighted by atomic mass is 10.2. The Bertz CT molecular complexity index is 645. The molecule has 2 N–H and O–H groups in total. The molecule has 0 saturated carbocycles. The maximum Gasteiger partial charge on any atom is 0.339 e. The Morgan fingerprint density at radius 2 is 2.20 bits per heavy atom. The van der Waals surface area contributed by atoms with Crippen LogP contribution in [0.25, 0.3) is 0 Å². The Labute approximate surface area is 113 Å². The topological polar surface area (TPSA) is 111 Å². The molecule has 0 bridgehead atoms. The van der Waals surface area contributed by atoms with Crippen LogP contribution in [-0.4, -0.2) is 43.7 Å². The van der Waals surface area contributed by atoms with Gasteiger partial charge in [-0.2, -0.15) is 10.2 Å². The number of aromatic carboxylic acids is 1. The highest BCUT2D eigenvalue weighted by molar-refractivity contribution is 6.09. The molecule has 2 rings (SSSR count). The zero-order valence-corrected chi connectivity index (χ0v) is 10.9. The van der Waals surface area contributed by atoms with Gasteiger partial charge < -0.3 is 15.2 Å². The molecule has 0 fully saturated rings.